The molecule has 9 N–H and O–H groups in total. The van der Waals surface area contributed by atoms with Gasteiger partial charge in [-0.15, -0.1) is 0 Å². The summed E-state index contributed by atoms with van der Waals surface area (Å²) in [5.41, 5.74) is 11.7. The minimum Gasteiger partial charge on any atom is -0.462 e. The first-order valence-electron chi connectivity index (χ1n) is 26.8. The molecule has 0 saturated heterocycles. The van der Waals surface area contributed by atoms with Crippen molar-refractivity contribution in [2.45, 2.75) is 238 Å². The molecule has 0 spiro atoms. The number of unbranched alkanes of at least 4 members (excludes halogenated alkanes) is 25. The second-order valence-electron chi connectivity index (χ2n) is 18.2. The molecule has 0 aromatic rings. The molecule has 0 saturated carbocycles. The predicted molar refractivity (Wildman–Crippen MR) is 272 cm³/mol. The number of carbonyl (C=O) groups is 4. The van der Waals surface area contributed by atoms with Crippen LogP contribution in [0.3, 0.4) is 0 Å². The summed E-state index contributed by atoms with van der Waals surface area (Å²) < 4.78 is 11.4. The third kappa shape index (κ3) is 44.3. The molecule has 0 aromatic carbocycles. The lowest BCUT2D eigenvalue weighted by atomic mass is 10.0. The molecule has 2 amide bonds. The number of rotatable bonds is 51. The monoisotopic (exact) mass is 943 g/mol. The number of amides is 2. The van der Waals surface area contributed by atoms with Gasteiger partial charge < -0.3 is 47.3 Å². The van der Waals surface area contributed by atoms with Gasteiger partial charge in [-0.25, -0.2) is 0 Å². The maximum absolute atomic E-state index is 12.9. The van der Waals surface area contributed by atoms with E-state index in [0.717, 1.165) is 84.0 Å². The number of esters is 2. The third-order valence-electron chi connectivity index (χ3n) is 11.8. The van der Waals surface area contributed by atoms with E-state index in [9.17, 15) is 24.3 Å². The zero-order valence-corrected chi connectivity index (χ0v) is 42.7. The van der Waals surface area contributed by atoms with E-state index >= 15 is 0 Å². The van der Waals surface area contributed by atoms with Gasteiger partial charge in [0.25, 0.3) is 0 Å². The van der Waals surface area contributed by atoms with Crippen molar-refractivity contribution in [3.8, 4) is 0 Å². The largest absolute Gasteiger partial charge is 0.462 e. The average Bonchev–Trinajstić information content (AvgIpc) is 3.30. The molecule has 0 aromatic heterocycles. The number of nitrogens with two attached hydrogens (primary N) is 2. The molecular formula is C51H102N6O7S. The number of thioether (sulfide) groups is 1. The van der Waals surface area contributed by atoms with E-state index in [1.807, 2.05) is 0 Å². The summed E-state index contributed by atoms with van der Waals surface area (Å²) in [6.07, 6.45) is 35.7. The number of aliphatic hydroxyl groups excluding tert-OH is 1. The van der Waals surface area contributed by atoms with Crippen LogP contribution in [0.4, 0.5) is 0 Å². The van der Waals surface area contributed by atoms with Gasteiger partial charge in [-0.2, -0.15) is 11.8 Å². The van der Waals surface area contributed by atoms with Crippen LogP contribution in [0.15, 0.2) is 0 Å². The van der Waals surface area contributed by atoms with Crippen molar-refractivity contribution in [3.05, 3.63) is 0 Å². The molecule has 384 valence electrons. The SMILES string of the molecule is CCCCCCCCCCCCCCCC(=O)OCC(CSC[C@H](N)C(=O)N[C@@H](CO)C(=O)NCCCNCCCCNCCCN)OC(=O)CCCCCCCCCCCCCCC. The minimum atomic E-state index is -1.12. The Labute approximate surface area is 402 Å². The first-order valence-corrected chi connectivity index (χ1v) is 27.9. The number of carbonyl (C=O) groups excluding carboxylic acids is 4. The van der Waals surface area contributed by atoms with Crippen LogP contribution in [0.5, 0.6) is 0 Å². The number of nitrogens with one attached hydrogen (secondary N) is 4. The van der Waals surface area contributed by atoms with E-state index in [1.165, 1.54) is 140 Å². The summed E-state index contributed by atoms with van der Waals surface area (Å²) >= 11 is 1.32. The highest BCUT2D eigenvalue weighted by Crippen LogP contribution is 2.16. The number of ether oxygens (including phenoxy) is 2. The molecule has 0 heterocycles. The van der Waals surface area contributed by atoms with Crippen LogP contribution in [0.25, 0.3) is 0 Å². The molecule has 3 atom stereocenters. The van der Waals surface area contributed by atoms with Gasteiger partial charge in [0.05, 0.1) is 12.6 Å². The molecule has 0 bridgehead atoms. The summed E-state index contributed by atoms with van der Waals surface area (Å²) in [7, 11) is 0. The van der Waals surface area contributed by atoms with Gasteiger partial charge >= 0.3 is 11.9 Å². The van der Waals surface area contributed by atoms with Gasteiger partial charge in [-0.05, 0) is 71.2 Å². The van der Waals surface area contributed by atoms with Gasteiger partial charge in [0, 0.05) is 30.9 Å². The first-order chi connectivity index (χ1) is 31.8. The van der Waals surface area contributed by atoms with E-state index in [4.69, 9.17) is 20.9 Å². The van der Waals surface area contributed by atoms with Gasteiger partial charge in [0.2, 0.25) is 11.8 Å². The fourth-order valence-electron chi connectivity index (χ4n) is 7.59. The van der Waals surface area contributed by atoms with Gasteiger partial charge in [0.15, 0.2) is 0 Å². The molecular weight excluding hydrogens is 841 g/mol. The molecule has 0 radical (unpaired) electrons. The van der Waals surface area contributed by atoms with Crippen LogP contribution in [-0.2, 0) is 28.7 Å². The Morgan fingerprint density at radius 2 is 0.954 bits per heavy atom. The van der Waals surface area contributed by atoms with E-state index < -0.39 is 36.6 Å². The standard InChI is InChI=1S/C51H102N6O7S/c1-3-5-7-9-11-13-15-17-19-21-23-25-27-33-48(59)63-42-45(64-49(60)34-28-26-24-22-20-18-16-14-12-10-8-6-4-2)43-65-44-46(53)50(61)57-47(41-58)51(62)56-40-32-39-55-37-30-29-36-54-38-31-35-52/h45-47,54-55,58H,3-44,52-53H2,1-2H3,(H,56,62)(H,57,61)/t45?,46-,47-/m0/s1. The summed E-state index contributed by atoms with van der Waals surface area (Å²) in [4.78, 5) is 51.2. The normalized spacial score (nSPS) is 12.8. The quantitative estimate of drug-likeness (QED) is 0.0226. The molecule has 1 unspecified atom stereocenters. The van der Waals surface area contributed by atoms with E-state index in [1.54, 1.807) is 0 Å². The predicted octanol–water partition coefficient (Wildman–Crippen LogP) is 8.76. The highest BCUT2D eigenvalue weighted by atomic mass is 32.2. The molecule has 14 heteroatoms. The van der Waals surface area contributed by atoms with Crippen molar-refractivity contribution in [2.75, 3.05) is 64.0 Å². The Balaban J connectivity index is 4.65. The van der Waals surface area contributed by atoms with E-state index in [2.05, 4.69) is 35.1 Å². The Kier molecular flexibility index (Phi) is 48.4. The Morgan fingerprint density at radius 1 is 0.523 bits per heavy atom. The lowest BCUT2D eigenvalue weighted by molar-refractivity contribution is -0.157. The van der Waals surface area contributed by atoms with E-state index in [0.29, 0.717) is 38.1 Å². The van der Waals surface area contributed by atoms with Crippen LogP contribution in [0, 0.1) is 0 Å². The minimum absolute atomic E-state index is 0.0502. The summed E-state index contributed by atoms with van der Waals surface area (Å²) in [6, 6.07) is -2.09. The van der Waals surface area contributed by atoms with Crippen molar-refractivity contribution in [1.29, 1.82) is 0 Å². The Hall–Kier alpha value is -1.97. The number of hydrogen-bond donors (Lipinski definition) is 7. The zero-order chi connectivity index (χ0) is 47.7. The van der Waals surface area contributed by atoms with Crippen LogP contribution in [0.2, 0.25) is 0 Å². The Bertz CT molecular complexity index is 1090. The molecule has 0 rings (SSSR count). The smallest absolute Gasteiger partial charge is 0.306 e. The summed E-state index contributed by atoms with van der Waals surface area (Å²) in [5.74, 6) is -1.18. The fourth-order valence-corrected chi connectivity index (χ4v) is 8.56. The fraction of sp³-hybridized carbons (Fsp3) is 0.922. The third-order valence-corrected chi connectivity index (χ3v) is 13.0. The first kappa shape index (κ1) is 63.0. The maximum Gasteiger partial charge on any atom is 0.306 e. The van der Waals surface area contributed by atoms with Crippen molar-refractivity contribution >= 4 is 35.5 Å². The summed E-state index contributed by atoms with van der Waals surface area (Å²) in [6.45, 7) is 8.56. The molecule has 0 aliphatic carbocycles. The van der Waals surface area contributed by atoms with Crippen LogP contribution < -0.4 is 32.7 Å². The lowest BCUT2D eigenvalue weighted by Gasteiger charge is -2.20. The number of hydrogen-bond acceptors (Lipinski definition) is 12. The zero-order valence-electron chi connectivity index (χ0n) is 41.9. The van der Waals surface area contributed by atoms with Gasteiger partial charge in [-0.1, -0.05) is 168 Å². The van der Waals surface area contributed by atoms with Crippen molar-refractivity contribution in [1.82, 2.24) is 21.3 Å². The molecule has 0 aliphatic rings. The summed E-state index contributed by atoms with van der Waals surface area (Å²) in [5, 5.41) is 21.9. The Morgan fingerprint density at radius 3 is 1.42 bits per heavy atom. The molecule has 0 aliphatic heterocycles. The molecule has 65 heavy (non-hydrogen) atoms. The maximum atomic E-state index is 12.9. The topological polar surface area (TPSA) is 207 Å². The van der Waals surface area contributed by atoms with Crippen molar-refractivity contribution in [3.63, 3.8) is 0 Å². The number of aliphatic hydroxyl groups is 1. The van der Waals surface area contributed by atoms with Gasteiger partial charge in [0.1, 0.15) is 18.8 Å². The molecule has 0 fully saturated rings. The van der Waals surface area contributed by atoms with Crippen LogP contribution in [0.1, 0.15) is 219 Å². The van der Waals surface area contributed by atoms with Gasteiger partial charge in [-0.3, -0.25) is 19.2 Å². The second kappa shape index (κ2) is 49.9. The average molecular weight is 943 g/mol. The van der Waals surface area contributed by atoms with E-state index in [-0.39, 0.29) is 24.3 Å². The second-order valence-corrected chi connectivity index (χ2v) is 19.2. The lowest BCUT2D eigenvalue weighted by Crippen LogP contribution is -2.54. The van der Waals surface area contributed by atoms with Crippen molar-refractivity contribution < 1.29 is 33.8 Å². The van der Waals surface area contributed by atoms with Crippen molar-refractivity contribution in [2.24, 2.45) is 11.5 Å². The molecule has 13 nitrogen and oxygen atoms in total. The van der Waals surface area contributed by atoms with Crippen LogP contribution in [-0.4, -0.2) is 111 Å². The highest BCUT2D eigenvalue weighted by Gasteiger charge is 2.24. The van der Waals surface area contributed by atoms with Crippen LogP contribution >= 0.6 is 11.8 Å². The highest BCUT2D eigenvalue weighted by molar-refractivity contribution is 7.99.